The van der Waals surface area contributed by atoms with Crippen molar-refractivity contribution >= 4 is 41.8 Å². The Kier molecular flexibility index (Phi) is 8.93. The van der Waals surface area contributed by atoms with Crippen LogP contribution in [0.2, 0.25) is 0 Å². The van der Waals surface area contributed by atoms with Crippen molar-refractivity contribution < 1.29 is 9.59 Å². The highest BCUT2D eigenvalue weighted by atomic mass is 127. The third-order valence-electron chi connectivity index (χ3n) is 6.74. The Morgan fingerprint density at radius 2 is 1.79 bits per heavy atom. The van der Waals surface area contributed by atoms with Gasteiger partial charge < -0.3 is 15.5 Å². The van der Waals surface area contributed by atoms with Crippen LogP contribution in [0.4, 0.5) is 0 Å². The molecule has 7 nitrogen and oxygen atoms in total. The minimum Gasteiger partial charge on any atom is -0.356 e. The van der Waals surface area contributed by atoms with Crippen molar-refractivity contribution in [3.63, 3.8) is 0 Å². The van der Waals surface area contributed by atoms with Gasteiger partial charge in [-0.25, -0.2) is 0 Å². The number of guanidine groups is 1. The Labute approximate surface area is 191 Å². The quantitative estimate of drug-likeness (QED) is 0.122. The molecule has 3 aliphatic rings. The van der Waals surface area contributed by atoms with Crippen molar-refractivity contribution in [2.75, 3.05) is 40.3 Å². The number of imide groups is 1. The van der Waals surface area contributed by atoms with E-state index in [1.165, 1.54) is 4.90 Å². The first-order valence-electron chi connectivity index (χ1n) is 10.7. The van der Waals surface area contributed by atoms with Crippen molar-refractivity contribution in [3.8, 4) is 0 Å². The predicted molar refractivity (Wildman–Crippen MR) is 126 cm³/mol. The molecule has 0 aromatic rings. The minimum absolute atomic E-state index is 0. The lowest BCUT2D eigenvalue weighted by Gasteiger charge is -2.24. The summed E-state index contributed by atoms with van der Waals surface area (Å²) in [4.78, 5) is 33.4. The standard InChI is InChI=1S/C21H35N5O2.HI/c1-5-14(2)25(4)12-10-24-21(22-3)23-9-6-11-26-19(27)17-15-7-8-16(13-15)18(17)20(26)28;/h7-8,14-18H,5-6,9-13H2,1-4H3,(H2,22,23,24);1H. The summed E-state index contributed by atoms with van der Waals surface area (Å²) in [6, 6.07) is 0.567. The number of halogens is 1. The predicted octanol–water partition coefficient (Wildman–Crippen LogP) is 1.70. The molecule has 8 heteroatoms. The lowest BCUT2D eigenvalue weighted by Crippen LogP contribution is -2.43. The number of amides is 2. The highest BCUT2D eigenvalue weighted by Gasteiger charge is 2.58. The van der Waals surface area contributed by atoms with Gasteiger partial charge in [0.2, 0.25) is 11.8 Å². The number of aliphatic imine (C=N–C) groups is 1. The highest BCUT2D eigenvalue weighted by molar-refractivity contribution is 14.0. The van der Waals surface area contributed by atoms with Crippen molar-refractivity contribution in [2.24, 2.45) is 28.7 Å². The normalized spacial score (nSPS) is 28.7. The number of nitrogens with zero attached hydrogens (tertiary/aromatic N) is 3. The second kappa shape index (κ2) is 10.7. The molecule has 1 saturated heterocycles. The fraction of sp³-hybridized carbons (Fsp3) is 0.762. The summed E-state index contributed by atoms with van der Waals surface area (Å²) < 4.78 is 0. The van der Waals surface area contributed by atoms with Gasteiger partial charge in [-0.15, -0.1) is 24.0 Å². The van der Waals surface area contributed by atoms with Gasteiger partial charge in [0.25, 0.3) is 0 Å². The summed E-state index contributed by atoms with van der Waals surface area (Å²) in [5, 5.41) is 6.60. The molecule has 5 unspecified atom stereocenters. The number of carbonyl (C=O) groups is 2. The number of fused-ring (bicyclic) bond motifs is 5. The lowest BCUT2D eigenvalue weighted by atomic mass is 9.85. The minimum atomic E-state index is -0.0904. The van der Waals surface area contributed by atoms with Gasteiger partial charge in [-0.2, -0.15) is 0 Å². The Morgan fingerprint density at radius 3 is 2.34 bits per heavy atom. The average Bonchev–Trinajstić information content (AvgIpc) is 3.38. The molecular weight excluding hydrogens is 481 g/mol. The molecule has 164 valence electrons. The van der Waals surface area contributed by atoms with Crippen molar-refractivity contribution in [3.05, 3.63) is 12.2 Å². The van der Waals surface area contributed by atoms with E-state index in [1.807, 2.05) is 0 Å². The number of nitrogens with one attached hydrogen (secondary N) is 2. The Morgan fingerprint density at radius 1 is 1.21 bits per heavy atom. The SMILES string of the molecule is CCC(C)N(C)CCNC(=NC)NCCCN1C(=O)C2C3C=CC(C3)C2C1=O.I. The third-order valence-corrected chi connectivity index (χ3v) is 6.74. The molecule has 3 rings (SSSR count). The number of rotatable bonds is 9. The molecule has 1 saturated carbocycles. The first-order chi connectivity index (χ1) is 13.5. The van der Waals surface area contributed by atoms with Crippen molar-refractivity contribution in [1.29, 1.82) is 0 Å². The van der Waals surface area contributed by atoms with E-state index in [4.69, 9.17) is 0 Å². The zero-order valence-corrected chi connectivity index (χ0v) is 20.4. The monoisotopic (exact) mass is 517 g/mol. The fourth-order valence-corrected chi connectivity index (χ4v) is 4.73. The van der Waals surface area contributed by atoms with Gasteiger partial charge in [-0.05, 0) is 45.1 Å². The number of allylic oxidation sites excluding steroid dienone is 2. The summed E-state index contributed by atoms with van der Waals surface area (Å²) >= 11 is 0. The molecule has 2 aliphatic carbocycles. The van der Waals surface area contributed by atoms with E-state index < -0.39 is 0 Å². The van der Waals surface area contributed by atoms with E-state index in [1.54, 1.807) is 7.05 Å². The number of hydrogen-bond acceptors (Lipinski definition) is 4. The van der Waals surface area contributed by atoms with Gasteiger partial charge in [0.05, 0.1) is 11.8 Å². The Hall–Kier alpha value is -1.16. The zero-order valence-electron chi connectivity index (χ0n) is 18.1. The molecule has 5 atom stereocenters. The average molecular weight is 517 g/mol. The van der Waals surface area contributed by atoms with Crippen LogP contribution in [0, 0.1) is 23.7 Å². The maximum absolute atomic E-state index is 12.7. The van der Waals surface area contributed by atoms with Crippen LogP contribution in [0.5, 0.6) is 0 Å². The second-order valence-electron chi connectivity index (χ2n) is 8.35. The Balaban J connectivity index is 0.00000300. The van der Waals surface area contributed by atoms with Gasteiger partial charge in [0.1, 0.15) is 0 Å². The summed E-state index contributed by atoms with van der Waals surface area (Å²) in [5.41, 5.74) is 0. The number of carbonyl (C=O) groups excluding carboxylic acids is 2. The van der Waals surface area contributed by atoms with Crippen LogP contribution in [-0.2, 0) is 9.59 Å². The van der Waals surface area contributed by atoms with Gasteiger partial charge in [-0.1, -0.05) is 19.1 Å². The van der Waals surface area contributed by atoms with E-state index in [9.17, 15) is 9.59 Å². The molecule has 2 amide bonds. The molecule has 2 fully saturated rings. The van der Waals surface area contributed by atoms with Crippen molar-refractivity contribution in [2.45, 2.75) is 39.2 Å². The number of likely N-dealkylation sites (N-methyl/N-ethyl adjacent to an activating group) is 1. The van der Waals surface area contributed by atoms with Crippen LogP contribution >= 0.6 is 24.0 Å². The molecule has 0 aromatic carbocycles. The van der Waals surface area contributed by atoms with Crippen LogP contribution in [-0.4, -0.2) is 73.9 Å². The van der Waals surface area contributed by atoms with Crippen LogP contribution in [0.3, 0.4) is 0 Å². The molecule has 29 heavy (non-hydrogen) atoms. The van der Waals surface area contributed by atoms with Crippen molar-refractivity contribution in [1.82, 2.24) is 20.4 Å². The molecule has 0 radical (unpaired) electrons. The first-order valence-corrected chi connectivity index (χ1v) is 10.7. The second-order valence-corrected chi connectivity index (χ2v) is 8.35. The first kappa shape index (κ1) is 24.1. The summed E-state index contributed by atoms with van der Waals surface area (Å²) in [6.07, 6.45) is 7.12. The van der Waals surface area contributed by atoms with Gasteiger partial charge in [0, 0.05) is 39.3 Å². The largest absolute Gasteiger partial charge is 0.356 e. The van der Waals surface area contributed by atoms with Gasteiger partial charge in [0.15, 0.2) is 5.96 Å². The summed E-state index contributed by atoms with van der Waals surface area (Å²) in [7, 11) is 3.89. The lowest BCUT2D eigenvalue weighted by molar-refractivity contribution is -0.140. The van der Waals surface area contributed by atoms with Crippen LogP contribution < -0.4 is 10.6 Å². The topological polar surface area (TPSA) is 77.0 Å². The molecular formula is C21H36IN5O2. The number of hydrogen-bond donors (Lipinski definition) is 2. The smallest absolute Gasteiger partial charge is 0.233 e. The molecule has 0 aromatic heterocycles. The fourth-order valence-electron chi connectivity index (χ4n) is 4.73. The van der Waals surface area contributed by atoms with E-state index in [0.717, 1.165) is 38.3 Å². The Bertz CT molecular complexity index is 623. The summed E-state index contributed by atoms with van der Waals surface area (Å²) in [5.74, 6) is 1.23. The molecule has 2 N–H and O–H groups in total. The summed E-state index contributed by atoms with van der Waals surface area (Å²) in [6.45, 7) is 7.36. The van der Waals surface area contributed by atoms with E-state index in [-0.39, 0.29) is 59.5 Å². The maximum Gasteiger partial charge on any atom is 0.233 e. The van der Waals surface area contributed by atoms with Crippen LogP contribution in [0.15, 0.2) is 17.1 Å². The molecule has 2 bridgehead atoms. The van der Waals surface area contributed by atoms with Crippen LogP contribution in [0.25, 0.3) is 0 Å². The molecule has 1 aliphatic heterocycles. The molecule has 0 spiro atoms. The molecule has 1 heterocycles. The van der Waals surface area contributed by atoms with Gasteiger partial charge >= 0.3 is 0 Å². The highest BCUT2D eigenvalue weighted by Crippen LogP contribution is 2.52. The van der Waals surface area contributed by atoms with E-state index >= 15 is 0 Å². The number of likely N-dealkylation sites (tertiary alicyclic amines) is 1. The van der Waals surface area contributed by atoms with E-state index in [2.05, 4.69) is 53.6 Å². The van der Waals surface area contributed by atoms with Crippen LogP contribution in [0.1, 0.15) is 33.1 Å². The maximum atomic E-state index is 12.7. The van der Waals surface area contributed by atoms with E-state index in [0.29, 0.717) is 19.1 Å². The zero-order chi connectivity index (χ0) is 20.3. The third kappa shape index (κ3) is 5.13. The van der Waals surface area contributed by atoms with Gasteiger partial charge in [-0.3, -0.25) is 19.5 Å².